The van der Waals surface area contributed by atoms with E-state index in [4.69, 9.17) is 17.4 Å². The normalized spacial score (nSPS) is 12.4. The summed E-state index contributed by atoms with van der Waals surface area (Å²) in [6.45, 7) is 1.74. The van der Waals surface area contributed by atoms with E-state index in [1.807, 2.05) is 30.3 Å². The fraction of sp³-hybridized carbons (Fsp3) is 0.200. The van der Waals surface area contributed by atoms with Crippen LogP contribution in [-0.4, -0.2) is 5.75 Å². The molecule has 1 unspecified atom stereocenters. The Balaban J connectivity index is 2.07. The molecule has 0 saturated carbocycles. The lowest BCUT2D eigenvalue weighted by Gasteiger charge is -2.16. The number of hydrazine groups is 1. The maximum atomic E-state index is 13.6. The Morgan fingerprint density at radius 1 is 1.30 bits per heavy atom. The largest absolute Gasteiger partial charge is 0.271 e. The molecule has 0 aliphatic heterocycles. The summed E-state index contributed by atoms with van der Waals surface area (Å²) in [7, 11) is 0. The van der Waals surface area contributed by atoms with Gasteiger partial charge in [0.15, 0.2) is 0 Å². The summed E-state index contributed by atoms with van der Waals surface area (Å²) < 4.78 is 13.6. The van der Waals surface area contributed by atoms with Crippen LogP contribution in [0.15, 0.2) is 47.4 Å². The van der Waals surface area contributed by atoms with Gasteiger partial charge in [-0.15, -0.1) is 11.8 Å². The molecule has 0 amide bonds. The monoisotopic (exact) mass is 310 g/mol. The Labute approximate surface area is 127 Å². The first-order chi connectivity index (χ1) is 9.60. The minimum absolute atomic E-state index is 0.117. The second-order valence-corrected chi connectivity index (χ2v) is 6.03. The zero-order valence-electron chi connectivity index (χ0n) is 11.1. The standard InChI is InChI=1S/C15H16ClFN2S/c1-10-5-6-11(7-14(10)17)15(19-18)9-20-13-4-2-3-12(16)8-13/h2-8,15,19H,9,18H2,1H3. The molecule has 2 aromatic carbocycles. The Morgan fingerprint density at radius 3 is 2.75 bits per heavy atom. The van der Waals surface area contributed by atoms with Crippen LogP contribution >= 0.6 is 23.4 Å². The third kappa shape index (κ3) is 3.96. The van der Waals surface area contributed by atoms with Gasteiger partial charge in [0, 0.05) is 15.7 Å². The van der Waals surface area contributed by atoms with Crippen molar-refractivity contribution < 1.29 is 4.39 Å². The Hall–Kier alpha value is -1.07. The topological polar surface area (TPSA) is 38.0 Å². The number of nitrogens with one attached hydrogen (secondary N) is 1. The van der Waals surface area contributed by atoms with E-state index in [0.29, 0.717) is 16.3 Å². The van der Waals surface area contributed by atoms with E-state index in [1.54, 1.807) is 24.8 Å². The molecule has 0 radical (unpaired) electrons. The first-order valence-electron chi connectivity index (χ1n) is 6.20. The summed E-state index contributed by atoms with van der Waals surface area (Å²) in [5.41, 5.74) is 4.20. The molecule has 0 aliphatic carbocycles. The van der Waals surface area contributed by atoms with Crippen LogP contribution in [-0.2, 0) is 0 Å². The highest BCUT2D eigenvalue weighted by atomic mass is 35.5. The Morgan fingerprint density at radius 2 is 2.10 bits per heavy atom. The SMILES string of the molecule is Cc1ccc(C(CSc2cccc(Cl)c2)NN)cc1F. The first-order valence-corrected chi connectivity index (χ1v) is 7.57. The molecule has 0 aromatic heterocycles. The molecule has 2 rings (SSSR count). The molecule has 1 atom stereocenters. The summed E-state index contributed by atoms with van der Waals surface area (Å²) in [4.78, 5) is 1.06. The van der Waals surface area contributed by atoms with Crippen molar-refractivity contribution in [2.24, 2.45) is 5.84 Å². The number of nitrogens with two attached hydrogens (primary N) is 1. The van der Waals surface area contributed by atoms with Crippen molar-refractivity contribution in [2.75, 3.05) is 5.75 Å². The van der Waals surface area contributed by atoms with Crippen molar-refractivity contribution >= 4 is 23.4 Å². The summed E-state index contributed by atoms with van der Waals surface area (Å²) in [5, 5.41) is 0.702. The number of halogens is 2. The van der Waals surface area contributed by atoms with Crippen LogP contribution < -0.4 is 11.3 Å². The number of thioether (sulfide) groups is 1. The van der Waals surface area contributed by atoms with Gasteiger partial charge in [-0.25, -0.2) is 4.39 Å². The van der Waals surface area contributed by atoms with E-state index < -0.39 is 0 Å². The van der Waals surface area contributed by atoms with Crippen LogP contribution in [0.2, 0.25) is 5.02 Å². The predicted octanol–water partition coefficient (Wildman–Crippen LogP) is 4.08. The molecular weight excluding hydrogens is 295 g/mol. The molecule has 0 spiro atoms. The lowest BCUT2D eigenvalue weighted by Crippen LogP contribution is -2.29. The van der Waals surface area contributed by atoms with Gasteiger partial charge in [-0.05, 0) is 42.3 Å². The van der Waals surface area contributed by atoms with E-state index in [1.165, 1.54) is 6.07 Å². The second kappa shape index (κ2) is 7.09. The third-order valence-corrected chi connectivity index (χ3v) is 4.33. The maximum Gasteiger partial charge on any atom is 0.126 e. The number of aryl methyl sites for hydroxylation is 1. The summed E-state index contributed by atoms with van der Waals surface area (Å²) in [5.74, 6) is 6.06. The van der Waals surface area contributed by atoms with Crippen LogP contribution in [0.1, 0.15) is 17.2 Å². The molecule has 20 heavy (non-hydrogen) atoms. The lowest BCUT2D eigenvalue weighted by atomic mass is 10.1. The fourth-order valence-corrected chi connectivity index (χ4v) is 3.09. The maximum absolute atomic E-state index is 13.6. The van der Waals surface area contributed by atoms with E-state index in [2.05, 4.69) is 5.43 Å². The number of hydrogen-bond acceptors (Lipinski definition) is 3. The van der Waals surface area contributed by atoms with Crippen LogP contribution in [0.5, 0.6) is 0 Å². The Bertz CT molecular complexity index is 592. The number of benzene rings is 2. The molecule has 0 saturated heterocycles. The number of rotatable bonds is 5. The zero-order valence-corrected chi connectivity index (χ0v) is 12.6. The van der Waals surface area contributed by atoms with Crippen molar-refractivity contribution in [1.82, 2.24) is 5.43 Å². The third-order valence-electron chi connectivity index (χ3n) is 3.01. The quantitative estimate of drug-likeness (QED) is 0.496. The highest BCUT2D eigenvalue weighted by Crippen LogP contribution is 2.27. The molecule has 0 aliphatic rings. The lowest BCUT2D eigenvalue weighted by molar-refractivity contribution is 0.587. The van der Waals surface area contributed by atoms with E-state index in [0.717, 1.165) is 10.5 Å². The van der Waals surface area contributed by atoms with Gasteiger partial charge in [0.2, 0.25) is 0 Å². The average molecular weight is 311 g/mol. The second-order valence-electron chi connectivity index (χ2n) is 4.50. The summed E-state index contributed by atoms with van der Waals surface area (Å²) in [6, 6.07) is 12.7. The highest BCUT2D eigenvalue weighted by molar-refractivity contribution is 7.99. The van der Waals surface area contributed by atoms with Crippen LogP contribution in [0, 0.1) is 12.7 Å². The Kier molecular flexibility index (Phi) is 5.43. The molecule has 0 bridgehead atoms. The molecular formula is C15H16ClFN2S. The van der Waals surface area contributed by atoms with E-state index in [-0.39, 0.29) is 11.9 Å². The van der Waals surface area contributed by atoms with Crippen molar-refractivity contribution in [3.05, 3.63) is 64.4 Å². The van der Waals surface area contributed by atoms with Crippen molar-refractivity contribution in [2.45, 2.75) is 17.9 Å². The van der Waals surface area contributed by atoms with Gasteiger partial charge >= 0.3 is 0 Å². The van der Waals surface area contributed by atoms with Crippen molar-refractivity contribution in [1.29, 1.82) is 0 Å². The van der Waals surface area contributed by atoms with Gasteiger partial charge in [0.25, 0.3) is 0 Å². The van der Waals surface area contributed by atoms with Crippen LogP contribution in [0.4, 0.5) is 4.39 Å². The first kappa shape index (κ1) is 15.3. The van der Waals surface area contributed by atoms with Crippen molar-refractivity contribution in [3.63, 3.8) is 0 Å². The molecule has 2 nitrogen and oxygen atoms in total. The van der Waals surface area contributed by atoms with Gasteiger partial charge in [0.1, 0.15) is 5.82 Å². The number of hydrogen-bond donors (Lipinski definition) is 2. The molecule has 0 heterocycles. The van der Waals surface area contributed by atoms with Gasteiger partial charge in [-0.3, -0.25) is 11.3 Å². The van der Waals surface area contributed by atoms with Crippen molar-refractivity contribution in [3.8, 4) is 0 Å². The average Bonchev–Trinajstić information content (AvgIpc) is 2.43. The molecule has 2 aromatic rings. The minimum atomic E-state index is -0.212. The molecule has 0 fully saturated rings. The molecule has 3 N–H and O–H groups in total. The van der Waals surface area contributed by atoms with E-state index >= 15 is 0 Å². The van der Waals surface area contributed by atoms with Gasteiger partial charge in [-0.2, -0.15) is 0 Å². The zero-order chi connectivity index (χ0) is 14.5. The fourth-order valence-electron chi connectivity index (χ4n) is 1.80. The van der Waals surface area contributed by atoms with Crippen LogP contribution in [0.3, 0.4) is 0 Å². The van der Waals surface area contributed by atoms with Crippen LogP contribution in [0.25, 0.3) is 0 Å². The summed E-state index contributed by atoms with van der Waals surface area (Å²) in [6.07, 6.45) is 0. The minimum Gasteiger partial charge on any atom is -0.271 e. The smallest absolute Gasteiger partial charge is 0.126 e. The van der Waals surface area contributed by atoms with E-state index in [9.17, 15) is 4.39 Å². The van der Waals surface area contributed by atoms with Gasteiger partial charge in [-0.1, -0.05) is 29.8 Å². The molecule has 5 heteroatoms. The highest BCUT2D eigenvalue weighted by Gasteiger charge is 2.12. The molecule has 106 valence electrons. The summed E-state index contributed by atoms with van der Waals surface area (Å²) >= 11 is 7.57. The van der Waals surface area contributed by atoms with Gasteiger partial charge < -0.3 is 0 Å². The predicted molar refractivity (Wildman–Crippen MR) is 83.4 cm³/mol. The van der Waals surface area contributed by atoms with Gasteiger partial charge in [0.05, 0.1) is 6.04 Å².